The molecule has 3 rings (SSSR count). The Bertz CT molecular complexity index is 589. The van der Waals surface area contributed by atoms with E-state index in [-0.39, 0.29) is 17.4 Å². The van der Waals surface area contributed by atoms with E-state index in [0.717, 1.165) is 23.5 Å². The standard InChI is InChI=1S/C12H14BrNO4S/c13-7-19(15,16)14-4-3-10(6-14)9-1-2-11-12(5-9)18-8-17-11/h1-2,5,10H,3-4,6-8H2. The van der Waals surface area contributed by atoms with E-state index in [1.54, 1.807) is 0 Å². The molecule has 1 aromatic rings. The van der Waals surface area contributed by atoms with Gasteiger partial charge < -0.3 is 9.47 Å². The van der Waals surface area contributed by atoms with Crippen molar-refractivity contribution in [2.45, 2.75) is 12.3 Å². The minimum absolute atomic E-state index is 0.0200. The minimum atomic E-state index is -3.16. The lowest BCUT2D eigenvalue weighted by Gasteiger charge is -2.15. The Labute approximate surface area is 120 Å². The van der Waals surface area contributed by atoms with Crippen molar-refractivity contribution in [1.82, 2.24) is 4.31 Å². The fraction of sp³-hybridized carbons (Fsp3) is 0.500. The number of alkyl halides is 1. The van der Waals surface area contributed by atoms with Gasteiger partial charge in [-0.15, -0.1) is 0 Å². The first-order valence-electron chi connectivity index (χ1n) is 6.03. The van der Waals surface area contributed by atoms with Gasteiger partial charge >= 0.3 is 0 Å². The lowest BCUT2D eigenvalue weighted by atomic mass is 9.98. The average molecular weight is 348 g/mol. The highest BCUT2D eigenvalue weighted by Crippen LogP contribution is 2.37. The highest BCUT2D eigenvalue weighted by atomic mass is 79.9. The molecule has 0 bridgehead atoms. The van der Waals surface area contributed by atoms with Crippen molar-refractivity contribution >= 4 is 26.0 Å². The number of hydrogen-bond acceptors (Lipinski definition) is 4. The maximum Gasteiger partial charge on any atom is 0.231 e. The van der Waals surface area contributed by atoms with Gasteiger partial charge in [0.05, 0.1) is 0 Å². The Morgan fingerprint density at radius 1 is 1.32 bits per heavy atom. The van der Waals surface area contributed by atoms with Gasteiger partial charge in [-0.05, 0) is 30.0 Å². The molecule has 0 spiro atoms. The predicted molar refractivity (Wildman–Crippen MR) is 74.2 cm³/mol. The molecule has 1 atom stereocenters. The Balaban J connectivity index is 1.78. The molecule has 5 nitrogen and oxygen atoms in total. The van der Waals surface area contributed by atoms with Gasteiger partial charge in [0.25, 0.3) is 0 Å². The second kappa shape index (κ2) is 4.96. The summed E-state index contributed by atoms with van der Waals surface area (Å²) in [5.74, 6) is 1.73. The third-order valence-electron chi connectivity index (χ3n) is 3.55. The van der Waals surface area contributed by atoms with Gasteiger partial charge in [-0.25, -0.2) is 12.7 Å². The number of fused-ring (bicyclic) bond motifs is 1. The van der Waals surface area contributed by atoms with Gasteiger partial charge in [-0.2, -0.15) is 0 Å². The van der Waals surface area contributed by atoms with E-state index in [4.69, 9.17) is 9.47 Å². The molecule has 2 aliphatic rings. The number of benzene rings is 1. The van der Waals surface area contributed by atoms with Crippen LogP contribution in [-0.4, -0.2) is 37.3 Å². The predicted octanol–water partition coefficient (Wildman–Crippen LogP) is 1.89. The van der Waals surface area contributed by atoms with Crippen LogP contribution >= 0.6 is 15.9 Å². The Morgan fingerprint density at radius 3 is 2.89 bits per heavy atom. The van der Waals surface area contributed by atoms with Crippen molar-refractivity contribution in [3.63, 3.8) is 0 Å². The van der Waals surface area contributed by atoms with Crippen LogP contribution in [0.1, 0.15) is 17.9 Å². The molecular weight excluding hydrogens is 334 g/mol. The van der Waals surface area contributed by atoms with E-state index in [1.165, 1.54) is 4.31 Å². The van der Waals surface area contributed by atoms with Gasteiger partial charge in [-0.3, -0.25) is 0 Å². The number of ether oxygens (including phenoxy) is 2. The SMILES string of the molecule is O=S(=O)(CBr)N1CCC(c2ccc3c(c2)OCO3)C1. The van der Waals surface area contributed by atoms with Gasteiger partial charge in [-0.1, -0.05) is 22.0 Å². The van der Waals surface area contributed by atoms with Crippen LogP contribution < -0.4 is 9.47 Å². The molecule has 1 fully saturated rings. The molecule has 104 valence electrons. The smallest absolute Gasteiger partial charge is 0.231 e. The molecule has 0 N–H and O–H groups in total. The molecule has 0 aromatic heterocycles. The Hall–Kier alpha value is -0.790. The second-order valence-corrected chi connectivity index (χ2v) is 7.95. The van der Waals surface area contributed by atoms with Crippen LogP contribution in [0.2, 0.25) is 0 Å². The highest BCUT2D eigenvalue weighted by Gasteiger charge is 2.32. The Kier molecular flexibility index (Phi) is 3.44. The van der Waals surface area contributed by atoms with Gasteiger partial charge in [0.1, 0.15) is 4.66 Å². The first-order chi connectivity index (χ1) is 9.10. The molecular formula is C12H14BrNO4S. The van der Waals surface area contributed by atoms with E-state index < -0.39 is 10.0 Å². The number of halogens is 1. The molecule has 1 saturated heterocycles. The molecule has 2 aliphatic heterocycles. The van der Waals surface area contributed by atoms with Crippen LogP contribution in [0.5, 0.6) is 11.5 Å². The molecule has 0 radical (unpaired) electrons. The summed E-state index contributed by atoms with van der Waals surface area (Å²) in [5.41, 5.74) is 1.11. The van der Waals surface area contributed by atoms with E-state index in [9.17, 15) is 8.42 Å². The fourth-order valence-corrected chi connectivity index (χ4v) is 4.29. The van der Waals surface area contributed by atoms with Crippen LogP contribution in [0.25, 0.3) is 0 Å². The van der Waals surface area contributed by atoms with Crippen molar-refractivity contribution in [3.05, 3.63) is 23.8 Å². The zero-order valence-electron chi connectivity index (χ0n) is 10.2. The zero-order valence-corrected chi connectivity index (χ0v) is 12.6. The minimum Gasteiger partial charge on any atom is -0.454 e. The monoisotopic (exact) mass is 347 g/mol. The third-order valence-corrected chi connectivity index (χ3v) is 6.68. The molecule has 0 amide bonds. The molecule has 1 aromatic carbocycles. The summed E-state index contributed by atoms with van der Waals surface area (Å²) >= 11 is 3.03. The van der Waals surface area contributed by atoms with Crippen molar-refractivity contribution in [2.24, 2.45) is 0 Å². The van der Waals surface area contributed by atoms with Gasteiger partial charge in [0.2, 0.25) is 16.8 Å². The highest BCUT2D eigenvalue weighted by molar-refractivity contribution is 9.10. The normalized spacial score (nSPS) is 22.9. The summed E-state index contributed by atoms with van der Waals surface area (Å²) in [7, 11) is -3.16. The van der Waals surface area contributed by atoms with Crippen molar-refractivity contribution in [2.75, 3.05) is 24.5 Å². The van der Waals surface area contributed by atoms with Crippen LogP contribution in [0.4, 0.5) is 0 Å². The van der Waals surface area contributed by atoms with Crippen LogP contribution in [0.3, 0.4) is 0 Å². The maximum atomic E-state index is 11.8. The lowest BCUT2D eigenvalue weighted by Crippen LogP contribution is -2.29. The second-order valence-electron chi connectivity index (χ2n) is 4.68. The first kappa shape index (κ1) is 13.2. The van der Waals surface area contributed by atoms with E-state index in [0.29, 0.717) is 13.1 Å². The maximum absolute atomic E-state index is 11.8. The number of nitrogens with zero attached hydrogens (tertiary/aromatic N) is 1. The van der Waals surface area contributed by atoms with Crippen molar-refractivity contribution in [1.29, 1.82) is 0 Å². The quantitative estimate of drug-likeness (QED) is 0.783. The first-order valence-corrected chi connectivity index (χ1v) is 8.76. The summed E-state index contributed by atoms with van der Waals surface area (Å²) < 4.78 is 35.7. The molecule has 19 heavy (non-hydrogen) atoms. The lowest BCUT2D eigenvalue weighted by molar-refractivity contribution is 0.174. The number of hydrogen-bond donors (Lipinski definition) is 0. The summed E-state index contributed by atoms with van der Waals surface area (Å²) in [6.07, 6.45) is 0.839. The number of sulfonamides is 1. The molecule has 0 saturated carbocycles. The van der Waals surface area contributed by atoms with Gasteiger partial charge in [0, 0.05) is 13.1 Å². The summed E-state index contributed by atoms with van der Waals surface area (Å²) in [4.78, 5) is 0. The molecule has 2 heterocycles. The fourth-order valence-electron chi connectivity index (χ4n) is 2.49. The van der Waals surface area contributed by atoms with E-state index >= 15 is 0 Å². The molecule has 1 unspecified atom stereocenters. The molecule has 7 heteroatoms. The third kappa shape index (κ3) is 2.46. The zero-order chi connectivity index (χ0) is 13.5. The van der Waals surface area contributed by atoms with Crippen molar-refractivity contribution < 1.29 is 17.9 Å². The van der Waals surface area contributed by atoms with Crippen LogP contribution in [-0.2, 0) is 10.0 Å². The molecule has 0 aliphatic carbocycles. The van der Waals surface area contributed by atoms with Crippen molar-refractivity contribution in [3.8, 4) is 11.5 Å². The topological polar surface area (TPSA) is 55.8 Å². The average Bonchev–Trinajstić information content (AvgIpc) is 3.06. The van der Waals surface area contributed by atoms with E-state index in [2.05, 4.69) is 15.9 Å². The Morgan fingerprint density at radius 2 is 2.11 bits per heavy atom. The summed E-state index contributed by atoms with van der Waals surface area (Å²) in [6, 6.07) is 5.83. The van der Waals surface area contributed by atoms with Crippen LogP contribution in [0, 0.1) is 0 Å². The largest absolute Gasteiger partial charge is 0.454 e. The summed E-state index contributed by atoms with van der Waals surface area (Å²) in [6.45, 7) is 1.37. The van der Waals surface area contributed by atoms with Gasteiger partial charge in [0.15, 0.2) is 11.5 Å². The summed E-state index contributed by atoms with van der Waals surface area (Å²) in [5, 5.41) is 0. The van der Waals surface area contributed by atoms with E-state index in [1.807, 2.05) is 18.2 Å². The number of rotatable bonds is 3. The van der Waals surface area contributed by atoms with Crippen LogP contribution in [0.15, 0.2) is 18.2 Å².